The number of aromatic nitrogens is 4. The summed E-state index contributed by atoms with van der Waals surface area (Å²) in [7, 11) is 0. The van der Waals surface area contributed by atoms with E-state index in [1.807, 2.05) is 97.1 Å². The Labute approximate surface area is 313 Å². The van der Waals surface area contributed by atoms with Gasteiger partial charge in [0.2, 0.25) is 5.89 Å². The van der Waals surface area contributed by atoms with Crippen molar-refractivity contribution < 1.29 is 46.5 Å². The van der Waals surface area contributed by atoms with E-state index in [0.717, 1.165) is 51.3 Å². The molecule has 2 aliphatic carbocycles. The van der Waals surface area contributed by atoms with Crippen molar-refractivity contribution >= 4 is 0 Å². The Kier molecular flexibility index (Phi) is 15.6. The second-order valence-electron chi connectivity index (χ2n) is 11.6. The zero-order valence-electron chi connectivity index (χ0n) is 26.6. The predicted molar refractivity (Wildman–Crippen MR) is 184 cm³/mol. The topological polar surface area (TPSA) is 64.7 Å². The molecule has 2 saturated carbocycles. The van der Waals surface area contributed by atoms with Gasteiger partial charge in [-0.3, -0.25) is 15.0 Å². The van der Waals surface area contributed by atoms with Crippen molar-refractivity contribution in [2.24, 2.45) is 11.8 Å². The molecule has 6 aromatic rings. The third-order valence-corrected chi connectivity index (χ3v) is 8.29. The van der Waals surface area contributed by atoms with Crippen LogP contribution in [0.4, 0.5) is 0 Å². The number of oxazole rings is 1. The average Bonchev–Trinajstić information content (AvgIpc) is 3.96. The third-order valence-electron chi connectivity index (χ3n) is 8.29. The molecule has 48 heavy (non-hydrogen) atoms. The van der Waals surface area contributed by atoms with Gasteiger partial charge in [0.1, 0.15) is 12.0 Å². The van der Waals surface area contributed by atoms with Crippen molar-refractivity contribution in [3.05, 3.63) is 147 Å². The first kappa shape index (κ1) is 37.3. The Bertz CT molecular complexity index is 1650. The normalized spacial score (nSPS) is 16.2. The van der Waals surface area contributed by atoms with Crippen LogP contribution in [0.3, 0.4) is 0 Å². The molecule has 0 radical (unpaired) electrons. The van der Waals surface area contributed by atoms with Gasteiger partial charge in [0.15, 0.2) is 0 Å². The van der Waals surface area contributed by atoms with Crippen LogP contribution in [0.2, 0.25) is 0 Å². The average molecular weight is 993 g/mol. The maximum Gasteiger partial charge on any atom is 2.00 e. The van der Waals surface area contributed by atoms with Crippen molar-refractivity contribution in [3.8, 4) is 45.4 Å². The fraction of sp³-hybridized carbons (Fsp3) is 0.220. The molecule has 2 aliphatic rings. The molecule has 0 aliphatic heterocycles. The maximum atomic E-state index is 5.23. The van der Waals surface area contributed by atoms with Gasteiger partial charge in [0, 0.05) is 23.8 Å². The minimum absolute atomic E-state index is 0. The van der Waals surface area contributed by atoms with Crippen LogP contribution in [0.1, 0.15) is 44.9 Å². The van der Waals surface area contributed by atoms with Crippen LogP contribution in [0.5, 0.6) is 0 Å². The molecule has 0 amide bonds. The van der Waals surface area contributed by atoms with Crippen LogP contribution in [-0.4, -0.2) is 19.9 Å². The summed E-state index contributed by atoms with van der Waals surface area (Å²) in [6, 6.07) is 37.7. The smallest absolute Gasteiger partial charge is 0.443 e. The van der Waals surface area contributed by atoms with Gasteiger partial charge >= 0.3 is 42.1 Å². The van der Waals surface area contributed by atoms with E-state index in [2.05, 4.69) is 44.9 Å². The molecule has 4 aromatic heterocycles. The monoisotopic (exact) mass is 992 g/mol. The molecule has 7 heteroatoms. The van der Waals surface area contributed by atoms with Gasteiger partial charge in [0.05, 0.1) is 6.20 Å². The first-order chi connectivity index (χ1) is 22.8. The fourth-order valence-electron chi connectivity index (χ4n) is 5.97. The third kappa shape index (κ3) is 11.0. The summed E-state index contributed by atoms with van der Waals surface area (Å²) in [5.74, 6) is 2.65. The minimum Gasteiger partial charge on any atom is -0.443 e. The van der Waals surface area contributed by atoms with Crippen molar-refractivity contribution in [1.29, 1.82) is 0 Å². The summed E-state index contributed by atoms with van der Waals surface area (Å²) in [6.07, 6.45) is 21.8. The van der Waals surface area contributed by atoms with E-state index in [4.69, 9.17) is 4.42 Å². The summed E-state index contributed by atoms with van der Waals surface area (Å²) in [5.41, 5.74) is 6.37. The molecule has 0 bridgehead atoms. The quantitative estimate of drug-likeness (QED) is 0.156. The number of pyridine rings is 3. The maximum absolute atomic E-state index is 5.23. The summed E-state index contributed by atoms with van der Waals surface area (Å²) in [4.78, 5) is 17.2. The summed E-state index contributed by atoms with van der Waals surface area (Å²) in [6.45, 7) is 0. The van der Waals surface area contributed by atoms with E-state index in [-0.39, 0.29) is 42.1 Å². The minimum atomic E-state index is 0. The first-order valence-corrected chi connectivity index (χ1v) is 16.1. The van der Waals surface area contributed by atoms with Crippen LogP contribution < -0.4 is 0 Å². The van der Waals surface area contributed by atoms with Crippen LogP contribution in [0.25, 0.3) is 45.4 Å². The predicted octanol–water partition coefficient (Wildman–Crippen LogP) is 10.2. The van der Waals surface area contributed by atoms with E-state index in [0.29, 0.717) is 5.89 Å². The number of rotatable bonds is 6. The van der Waals surface area contributed by atoms with Crippen LogP contribution in [-0.2, 0) is 42.1 Å². The largest absolute Gasteiger partial charge is 2.00 e. The van der Waals surface area contributed by atoms with Crippen molar-refractivity contribution in [3.63, 3.8) is 0 Å². The summed E-state index contributed by atoms with van der Waals surface area (Å²) in [5, 5.41) is 0. The number of hydrogen-bond donors (Lipinski definition) is 0. The molecular weight excluding hydrogens is 955 g/mol. The Morgan fingerprint density at radius 1 is 0.604 bits per heavy atom. The Balaban J connectivity index is 0.000000164. The Hall–Kier alpha value is -3.52. The van der Waals surface area contributed by atoms with Crippen LogP contribution in [0.15, 0.2) is 126 Å². The number of benzene rings is 2. The second-order valence-corrected chi connectivity index (χ2v) is 11.6. The number of nitrogens with zero attached hydrogens (tertiary/aromatic N) is 4. The molecule has 248 valence electrons. The SMILES string of the molecule is [CH-]1CCC(CC2C[CH-]CC2)C1.[Pt+2].[Pt+2].[c-]1c(-c2ccccn2)cccc1-c1ccccn1.[c-]1ccccc1-c1cccc(-c2ncco2)n1. The van der Waals surface area contributed by atoms with E-state index >= 15 is 0 Å². The molecular formula is C41H38N4OPt2. The van der Waals surface area contributed by atoms with Crippen LogP contribution >= 0.6 is 0 Å². The van der Waals surface area contributed by atoms with E-state index in [9.17, 15) is 0 Å². The molecule has 5 nitrogen and oxygen atoms in total. The molecule has 0 spiro atoms. The van der Waals surface area contributed by atoms with Gasteiger partial charge in [-0.25, -0.2) is 4.98 Å². The molecule has 2 aromatic carbocycles. The molecule has 2 atom stereocenters. The van der Waals surface area contributed by atoms with Gasteiger partial charge in [-0.05, 0) is 23.9 Å². The van der Waals surface area contributed by atoms with Crippen molar-refractivity contribution in [1.82, 2.24) is 19.9 Å². The molecule has 8 rings (SSSR count). The molecule has 4 heterocycles. The standard InChI is InChI=1S/C16H11N2.C14H9N2O.C11H18.2Pt/c1-3-10-17-15(8-1)13-6-5-7-14(12-13)16-9-2-4-11-18-16;1-2-5-11(6-3-1)12-7-4-8-13(16-12)14-15-9-10-17-14;1-2-6-10(5-1)9-11-7-3-4-8-11;;/h1-11H;1-5,7-10H;1,3,10-11H,2,4-9H2;;/q2*-1;-2;2*+2. The molecule has 0 saturated heterocycles. The summed E-state index contributed by atoms with van der Waals surface area (Å²) < 4.78 is 5.23. The van der Waals surface area contributed by atoms with Gasteiger partial charge in [-0.15, -0.1) is 60.2 Å². The van der Waals surface area contributed by atoms with Gasteiger partial charge in [-0.1, -0.05) is 78.6 Å². The van der Waals surface area contributed by atoms with E-state index in [1.54, 1.807) is 24.9 Å². The van der Waals surface area contributed by atoms with Gasteiger partial charge < -0.3 is 17.3 Å². The molecule has 0 N–H and O–H groups in total. The number of hydrogen-bond acceptors (Lipinski definition) is 5. The zero-order valence-corrected chi connectivity index (χ0v) is 31.2. The van der Waals surface area contributed by atoms with Gasteiger partial charge in [-0.2, -0.15) is 25.7 Å². The van der Waals surface area contributed by atoms with Crippen molar-refractivity contribution in [2.75, 3.05) is 0 Å². The zero-order chi connectivity index (χ0) is 31.2. The van der Waals surface area contributed by atoms with E-state index in [1.165, 1.54) is 44.9 Å². The van der Waals surface area contributed by atoms with Gasteiger partial charge in [0.25, 0.3) is 0 Å². The van der Waals surface area contributed by atoms with E-state index < -0.39 is 0 Å². The second kappa shape index (κ2) is 20.1. The Morgan fingerprint density at radius 2 is 1.19 bits per heavy atom. The van der Waals surface area contributed by atoms with Crippen molar-refractivity contribution in [2.45, 2.75) is 44.9 Å². The summed E-state index contributed by atoms with van der Waals surface area (Å²) >= 11 is 0. The molecule has 2 unspecified atom stereocenters. The Morgan fingerprint density at radius 3 is 1.71 bits per heavy atom. The van der Waals surface area contributed by atoms with Crippen LogP contribution in [0, 0.1) is 36.8 Å². The fourth-order valence-corrected chi connectivity index (χ4v) is 5.97. The first-order valence-electron chi connectivity index (χ1n) is 16.1. The molecule has 2 fully saturated rings.